The largest absolute Gasteiger partial charge is 0.508 e. The van der Waals surface area contributed by atoms with Crippen molar-refractivity contribution < 1.29 is 19.7 Å². The molecule has 0 heterocycles. The summed E-state index contributed by atoms with van der Waals surface area (Å²) in [4.78, 5) is 0. The highest BCUT2D eigenvalue weighted by atomic mass is 16.5. The van der Waals surface area contributed by atoms with Crippen molar-refractivity contribution in [2.75, 3.05) is 14.2 Å². The topological polar surface area (TPSA) is 58.9 Å². The summed E-state index contributed by atoms with van der Waals surface area (Å²) < 4.78 is 10.4. The van der Waals surface area contributed by atoms with E-state index in [2.05, 4.69) is 0 Å². The molecule has 122 valence electrons. The van der Waals surface area contributed by atoms with Crippen LogP contribution in [0.25, 0.3) is 22.3 Å². The molecule has 2 N–H and O–H groups in total. The van der Waals surface area contributed by atoms with Gasteiger partial charge in [-0.25, -0.2) is 0 Å². The zero-order valence-electron chi connectivity index (χ0n) is 13.5. The normalized spacial score (nSPS) is 10.4. The van der Waals surface area contributed by atoms with Crippen LogP contribution in [0.1, 0.15) is 0 Å². The maximum Gasteiger partial charge on any atom is 0.200 e. The first-order valence-electron chi connectivity index (χ1n) is 7.47. The fraction of sp³-hybridized carbons (Fsp3) is 0.100. The van der Waals surface area contributed by atoms with E-state index in [4.69, 9.17) is 9.47 Å². The Kier molecular flexibility index (Phi) is 4.29. The lowest BCUT2D eigenvalue weighted by atomic mass is 10.00. The second-order valence-electron chi connectivity index (χ2n) is 5.35. The smallest absolute Gasteiger partial charge is 0.200 e. The van der Waals surface area contributed by atoms with Gasteiger partial charge in [-0.2, -0.15) is 0 Å². The molecule has 0 unspecified atom stereocenters. The van der Waals surface area contributed by atoms with Crippen molar-refractivity contribution >= 4 is 0 Å². The molecule has 3 rings (SSSR count). The van der Waals surface area contributed by atoms with Gasteiger partial charge >= 0.3 is 0 Å². The van der Waals surface area contributed by atoms with E-state index in [1.807, 2.05) is 36.4 Å². The van der Waals surface area contributed by atoms with Gasteiger partial charge in [-0.15, -0.1) is 0 Å². The van der Waals surface area contributed by atoms with Gasteiger partial charge in [0.05, 0.1) is 14.2 Å². The number of phenolic OH excluding ortho intramolecular Hbond substituents is 2. The van der Waals surface area contributed by atoms with Gasteiger partial charge in [0.1, 0.15) is 5.75 Å². The van der Waals surface area contributed by atoms with Crippen LogP contribution in [0.2, 0.25) is 0 Å². The van der Waals surface area contributed by atoms with Gasteiger partial charge in [-0.05, 0) is 46.5 Å². The highest BCUT2D eigenvalue weighted by molar-refractivity contribution is 5.74. The molecule has 4 heteroatoms. The maximum absolute atomic E-state index is 10.0. The average molecular weight is 322 g/mol. The fourth-order valence-electron chi connectivity index (χ4n) is 2.57. The Balaban J connectivity index is 1.97. The van der Waals surface area contributed by atoms with Crippen molar-refractivity contribution in [1.82, 2.24) is 0 Å². The van der Waals surface area contributed by atoms with E-state index in [0.29, 0.717) is 11.5 Å². The molecule has 0 saturated heterocycles. The molecule has 0 aliphatic heterocycles. The van der Waals surface area contributed by atoms with Crippen molar-refractivity contribution in [2.24, 2.45) is 0 Å². The zero-order chi connectivity index (χ0) is 17.1. The van der Waals surface area contributed by atoms with Crippen LogP contribution in [0.15, 0.2) is 60.7 Å². The number of hydrogen-bond acceptors (Lipinski definition) is 4. The molecule has 0 fully saturated rings. The summed E-state index contributed by atoms with van der Waals surface area (Å²) in [5.41, 5.74) is 3.95. The van der Waals surface area contributed by atoms with Crippen molar-refractivity contribution in [1.29, 1.82) is 0 Å². The Bertz CT molecular complexity index is 812. The Morgan fingerprint density at radius 3 is 1.38 bits per heavy atom. The van der Waals surface area contributed by atoms with Crippen molar-refractivity contribution in [3.63, 3.8) is 0 Å². The number of rotatable bonds is 4. The van der Waals surface area contributed by atoms with Gasteiger partial charge in [-0.3, -0.25) is 0 Å². The molecule has 0 atom stereocenters. The minimum absolute atomic E-state index is 0.00976. The number of phenols is 2. The van der Waals surface area contributed by atoms with Gasteiger partial charge in [-0.1, -0.05) is 36.4 Å². The van der Waals surface area contributed by atoms with Gasteiger partial charge < -0.3 is 19.7 Å². The van der Waals surface area contributed by atoms with Crippen LogP contribution in [-0.2, 0) is 0 Å². The average Bonchev–Trinajstić information content (AvgIpc) is 2.63. The second kappa shape index (κ2) is 6.54. The molecule has 0 radical (unpaired) electrons. The molecule has 0 amide bonds. The zero-order valence-corrected chi connectivity index (χ0v) is 13.5. The van der Waals surface area contributed by atoms with Crippen molar-refractivity contribution in [2.45, 2.75) is 0 Å². The van der Waals surface area contributed by atoms with E-state index in [0.717, 1.165) is 22.3 Å². The number of methoxy groups -OCH3 is 2. The Labute approximate surface area is 140 Å². The molecule has 4 nitrogen and oxygen atoms in total. The molecular weight excluding hydrogens is 304 g/mol. The molecule has 3 aromatic carbocycles. The molecule has 0 spiro atoms. The Morgan fingerprint density at radius 2 is 0.958 bits per heavy atom. The molecule has 0 saturated carbocycles. The summed E-state index contributed by atoms with van der Waals surface area (Å²) in [6.07, 6.45) is 0. The molecule has 3 aromatic rings. The van der Waals surface area contributed by atoms with E-state index in [1.54, 1.807) is 24.3 Å². The maximum atomic E-state index is 10.0. The number of benzene rings is 3. The minimum Gasteiger partial charge on any atom is -0.508 e. The number of aromatic hydroxyl groups is 2. The fourth-order valence-corrected chi connectivity index (χ4v) is 2.57. The summed E-state index contributed by atoms with van der Waals surface area (Å²) in [6.45, 7) is 0. The lowest BCUT2D eigenvalue weighted by Crippen LogP contribution is -1.90. The first-order chi connectivity index (χ1) is 11.6. The van der Waals surface area contributed by atoms with Crippen molar-refractivity contribution in [3.05, 3.63) is 60.7 Å². The first-order valence-corrected chi connectivity index (χ1v) is 7.47. The third-order valence-electron chi connectivity index (χ3n) is 3.90. The van der Waals surface area contributed by atoms with Crippen molar-refractivity contribution in [3.8, 4) is 45.3 Å². The SMILES string of the molecule is COc1cc(-c2ccc(-c3ccc(O)cc3)cc2)cc(OC)c1O. The summed E-state index contributed by atoms with van der Waals surface area (Å²) in [6, 6.07) is 18.6. The molecule has 0 aromatic heterocycles. The molecular formula is C20H18O4. The number of ether oxygens (including phenoxy) is 2. The van der Waals surface area contributed by atoms with Crippen LogP contribution in [0.5, 0.6) is 23.0 Å². The van der Waals surface area contributed by atoms with E-state index in [9.17, 15) is 10.2 Å². The van der Waals surface area contributed by atoms with Crippen LogP contribution in [0.4, 0.5) is 0 Å². The summed E-state index contributed by atoms with van der Waals surface area (Å²) in [5, 5.41) is 19.4. The highest BCUT2D eigenvalue weighted by Gasteiger charge is 2.12. The van der Waals surface area contributed by atoms with E-state index in [1.165, 1.54) is 14.2 Å². The van der Waals surface area contributed by atoms with Crippen LogP contribution >= 0.6 is 0 Å². The second-order valence-corrected chi connectivity index (χ2v) is 5.35. The predicted octanol–water partition coefficient (Wildman–Crippen LogP) is 4.45. The Hall–Kier alpha value is -3.14. The quantitative estimate of drug-likeness (QED) is 0.745. The summed E-state index contributed by atoms with van der Waals surface area (Å²) in [7, 11) is 3.01. The van der Waals surface area contributed by atoms with Crippen LogP contribution in [0.3, 0.4) is 0 Å². The summed E-state index contributed by atoms with van der Waals surface area (Å²) >= 11 is 0. The van der Waals surface area contributed by atoms with E-state index < -0.39 is 0 Å². The van der Waals surface area contributed by atoms with Gasteiger partial charge in [0.2, 0.25) is 5.75 Å². The molecule has 0 aliphatic carbocycles. The summed E-state index contributed by atoms with van der Waals surface area (Å²) in [5.74, 6) is 0.974. The van der Waals surface area contributed by atoms with E-state index in [-0.39, 0.29) is 11.5 Å². The Morgan fingerprint density at radius 1 is 0.583 bits per heavy atom. The molecule has 24 heavy (non-hydrogen) atoms. The van der Waals surface area contributed by atoms with Crippen LogP contribution in [0, 0.1) is 0 Å². The molecule has 0 bridgehead atoms. The first kappa shape index (κ1) is 15.7. The minimum atomic E-state index is -0.00976. The van der Waals surface area contributed by atoms with Gasteiger partial charge in [0.15, 0.2) is 11.5 Å². The third kappa shape index (κ3) is 2.99. The van der Waals surface area contributed by atoms with Gasteiger partial charge in [0.25, 0.3) is 0 Å². The standard InChI is InChI=1S/C20H18O4/c1-23-18-11-16(12-19(24-2)20(18)22)15-5-3-13(4-6-15)14-7-9-17(21)10-8-14/h3-12,21-22H,1-2H3. The lowest BCUT2D eigenvalue weighted by Gasteiger charge is -2.12. The highest BCUT2D eigenvalue weighted by Crippen LogP contribution is 2.40. The van der Waals surface area contributed by atoms with Gasteiger partial charge in [0, 0.05) is 0 Å². The predicted molar refractivity (Wildman–Crippen MR) is 93.7 cm³/mol. The van der Waals surface area contributed by atoms with Crippen LogP contribution in [-0.4, -0.2) is 24.4 Å². The monoisotopic (exact) mass is 322 g/mol. The third-order valence-corrected chi connectivity index (χ3v) is 3.90. The number of hydrogen-bond donors (Lipinski definition) is 2. The van der Waals surface area contributed by atoms with Crippen LogP contribution < -0.4 is 9.47 Å². The lowest BCUT2D eigenvalue weighted by molar-refractivity contribution is 0.340. The van der Waals surface area contributed by atoms with E-state index >= 15 is 0 Å². The molecule has 0 aliphatic rings.